The SMILES string of the molecule is Cc1cc(Nc2ncccn2)ccc1N. The van der Waals surface area contributed by atoms with Crippen molar-refractivity contribution in [2.75, 3.05) is 11.1 Å². The minimum Gasteiger partial charge on any atom is -0.399 e. The highest BCUT2D eigenvalue weighted by Gasteiger charge is 1.98. The minimum atomic E-state index is 0.585. The molecule has 2 aromatic rings. The van der Waals surface area contributed by atoms with Crippen LogP contribution in [0.5, 0.6) is 0 Å². The van der Waals surface area contributed by atoms with Gasteiger partial charge in [0.1, 0.15) is 0 Å². The van der Waals surface area contributed by atoms with Gasteiger partial charge in [0.15, 0.2) is 0 Å². The van der Waals surface area contributed by atoms with Crippen molar-refractivity contribution in [3.05, 3.63) is 42.2 Å². The van der Waals surface area contributed by atoms with Crippen molar-refractivity contribution in [1.29, 1.82) is 0 Å². The van der Waals surface area contributed by atoms with E-state index in [2.05, 4.69) is 15.3 Å². The average Bonchev–Trinajstić information content (AvgIpc) is 2.25. The summed E-state index contributed by atoms with van der Waals surface area (Å²) in [6.45, 7) is 1.96. The molecule has 2 rings (SSSR count). The number of nitrogens with one attached hydrogen (secondary N) is 1. The first-order valence-electron chi connectivity index (χ1n) is 4.66. The van der Waals surface area contributed by atoms with Crippen molar-refractivity contribution < 1.29 is 0 Å². The van der Waals surface area contributed by atoms with Gasteiger partial charge in [-0.1, -0.05) is 0 Å². The molecule has 0 atom stereocenters. The highest BCUT2D eigenvalue weighted by Crippen LogP contribution is 2.18. The quantitative estimate of drug-likeness (QED) is 0.729. The number of anilines is 3. The summed E-state index contributed by atoms with van der Waals surface area (Å²) >= 11 is 0. The molecule has 0 aliphatic heterocycles. The van der Waals surface area contributed by atoms with Crippen molar-refractivity contribution in [3.8, 4) is 0 Å². The van der Waals surface area contributed by atoms with Crippen LogP contribution in [0.25, 0.3) is 0 Å². The van der Waals surface area contributed by atoms with E-state index in [1.54, 1.807) is 18.5 Å². The second-order valence-corrected chi connectivity index (χ2v) is 3.27. The third kappa shape index (κ3) is 2.22. The molecule has 0 saturated carbocycles. The Morgan fingerprint density at radius 1 is 1.20 bits per heavy atom. The van der Waals surface area contributed by atoms with Crippen LogP contribution in [0, 0.1) is 6.92 Å². The molecule has 4 nitrogen and oxygen atoms in total. The van der Waals surface area contributed by atoms with E-state index in [4.69, 9.17) is 5.73 Å². The third-order valence-corrected chi connectivity index (χ3v) is 2.09. The van der Waals surface area contributed by atoms with E-state index < -0.39 is 0 Å². The van der Waals surface area contributed by atoms with Crippen molar-refractivity contribution in [2.24, 2.45) is 0 Å². The second kappa shape index (κ2) is 3.96. The molecule has 0 radical (unpaired) electrons. The molecular formula is C11H12N4. The second-order valence-electron chi connectivity index (χ2n) is 3.27. The lowest BCUT2D eigenvalue weighted by Crippen LogP contribution is -1.97. The standard InChI is InChI=1S/C11H12N4/c1-8-7-9(3-4-10(8)12)15-11-13-5-2-6-14-11/h2-7H,12H2,1H3,(H,13,14,15). The van der Waals surface area contributed by atoms with Gasteiger partial charge in [-0.3, -0.25) is 0 Å². The van der Waals surface area contributed by atoms with E-state index in [-0.39, 0.29) is 0 Å². The zero-order chi connectivity index (χ0) is 10.7. The van der Waals surface area contributed by atoms with Crippen LogP contribution in [0.3, 0.4) is 0 Å². The van der Waals surface area contributed by atoms with Crippen LogP contribution in [0.2, 0.25) is 0 Å². The Bertz CT molecular complexity index is 453. The zero-order valence-corrected chi connectivity index (χ0v) is 8.44. The van der Waals surface area contributed by atoms with Crippen molar-refractivity contribution >= 4 is 17.3 Å². The lowest BCUT2D eigenvalue weighted by Gasteiger charge is -2.06. The normalized spacial score (nSPS) is 9.93. The van der Waals surface area contributed by atoms with Crippen LogP contribution in [-0.4, -0.2) is 9.97 Å². The van der Waals surface area contributed by atoms with Crippen LogP contribution >= 0.6 is 0 Å². The maximum atomic E-state index is 5.72. The molecule has 0 fully saturated rings. The fourth-order valence-corrected chi connectivity index (χ4v) is 1.25. The molecule has 0 aliphatic rings. The van der Waals surface area contributed by atoms with Gasteiger partial charge in [0.05, 0.1) is 0 Å². The minimum absolute atomic E-state index is 0.585. The van der Waals surface area contributed by atoms with Crippen LogP contribution < -0.4 is 11.1 Å². The molecule has 0 bridgehead atoms. The van der Waals surface area contributed by atoms with Gasteiger partial charge in [0.25, 0.3) is 0 Å². The number of benzene rings is 1. The maximum Gasteiger partial charge on any atom is 0.227 e. The molecule has 0 amide bonds. The maximum absolute atomic E-state index is 5.72. The summed E-state index contributed by atoms with van der Waals surface area (Å²) in [7, 11) is 0. The molecule has 4 heteroatoms. The van der Waals surface area contributed by atoms with E-state index in [1.807, 2.05) is 25.1 Å². The Hall–Kier alpha value is -2.10. The molecule has 0 saturated heterocycles. The summed E-state index contributed by atoms with van der Waals surface area (Å²) in [6.07, 6.45) is 3.39. The number of nitrogens with two attached hydrogens (primary N) is 1. The van der Waals surface area contributed by atoms with Crippen LogP contribution in [0.15, 0.2) is 36.7 Å². The van der Waals surface area contributed by atoms with Crippen LogP contribution in [0.4, 0.5) is 17.3 Å². The number of aryl methyl sites for hydroxylation is 1. The van der Waals surface area contributed by atoms with Gasteiger partial charge in [0.2, 0.25) is 5.95 Å². The van der Waals surface area contributed by atoms with Crippen molar-refractivity contribution in [3.63, 3.8) is 0 Å². The summed E-state index contributed by atoms with van der Waals surface area (Å²) < 4.78 is 0. The smallest absolute Gasteiger partial charge is 0.227 e. The summed E-state index contributed by atoms with van der Waals surface area (Å²) in [5.74, 6) is 0.585. The van der Waals surface area contributed by atoms with Crippen LogP contribution in [-0.2, 0) is 0 Å². The average molecular weight is 200 g/mol. The van der Waals surface area contributed by atoms with E-state index in [1.165, 1.54) is 0 Å². The summed E-state index contributed by atoms with van der Waals surface area (Å²) in [4.78, 5) is 8.15. The first-order valence-corrected chi connectivity index (χ1v) is 4.66. The lowest BCUT2D eigenvalue weighted by atomic mass is 10.2. The number of rotatable bonds is 2. The zero-order valence-electron chi connectivity index (χ0n) is 8.44. The molecule has 0 aliphatic carbocycles. The Morgan fingerprint density at radius 3 is 2.60 bits per heavy atom. The van der Waals surface area contributed by atoms with E-state index in [0.717, 1.165) is 16.9 Å². The number of hydrogen-bond acceptors (Lipinski definition) is 4. The Labute approximate surface area is 88.2 Å². The number of hydrogen-bond donors (Lipinski definition) is 2. The first kappa shape index (κ1) is 9.45. The van der Waals surface area contributed by atoms with E-state index >= 15 is 0 Å². The predicted molar refractivity (Wildman–Crippen MR) is 60.9 cm³/mol. The van der Waals surface area contributed by atoms with Gasteiger partial charge in [-0.2, -0.15) is 0 Å². The highest BCUT2D eigenvalue weighted by molar-refractivity contribution is 5.60. The largest absolute Gasteiger partial charge is 0.399 e. The first-order chi connectivity index (χ1) is 7.25. The molecule has 76 valence electrons. The molecule has 0 spiro atoms. The van der Waals surface area contributed by atoms with Crippen molar-refractivity contribution in [2.45, 2.75) is 6.92 Å². The lowest BCUT2D eigenvalue weighted by molar-refractivity contribution is 1.17. The summed E-state index contributed by atoms with van der Waals surface area (Å²) in [6, 6.07) is 7.50. The molecule has 1 aromatic carbocycles. The van der Waals surface area contributed by atoms with Gasteiger partial charge < -0.3 is 11.1 Å². The monoisotopic (exact) mass is 200 g/mol. The van der Waals surface area contributed by atoms with Gasteiger partial charge in [0, 0.05) is 23.8 Å². The fraction of sp³-hybridized carbons (Fsp3) is 0.0909. The summed E-state index contributed by atoms with van der Waals surface area (Å²) in [5.41, 5.74) is 8.49. The van der Waals surface area contributed by atoms with Gasteiger partial charge in [-0.25, -0.2) is 9.97 Å². The van der Waals surface area contributed by atoms with Gasteiger partial charge in [-0.15, -0.1) is 0 Å². The third-order valence-electron chi connectivity index (χ3n) is 2.09. The van der Waals surface area contributed by atoms with Gasteiger partial charge >= 0.3 is 0 Å². The molecule has 1 heterocycles. The molecular weight excluding hydrogens is 188 g/mol. The number of aromatic nitrogens is 2. The molecule has 3 N–H and O–H groups in total. The highest BCUT2D eigenvalue weighted by atomic mass is 15.1. The van der Waals surface area contributed by atoms with Crippen molar-refractivity contribution in [1.82, 2.24) is 9.97 Å². The topological polar surface area (TPSA) is 63.8 Å². The number of nitrogens with zero attached hydrogens (tertiary/aromatic N) is 2. The number of nitrogen functional groups attached to an aromatic ring is 1. The van der Waals surface area contributed by atoms with E-state index in [9.17, 15) is 0 Å². The van der Waals surface area contributed by atoms with Crippen LogP contribution in [0.1, 0.15) is 5.56 Å². The van der Waals surface area contributed by atoms with Gasteiger partial charge in [-0.05, 0) is 36.8 Å². The Morgan fingerprint density at radius 2 is 1.93 bits per heavy atom. The fourth-order valence-electron chi connectivity index (χ4n) is 1.25. The Balaban J connectivity index is 2.22. The molecule has 0 unspecified atom stereocenters. The van der Waals surface area contributed by atoms with E-state index in [0.29, 0.717) is 5.95 Å². The summed E-state index contributed by atoms with van der Waals surface area (Å²) in [5, 5.41) is 3.09. The predicted octanol–water partition coefficient (Wildman–Crippen LogP) is 2.11. The Kier molecular flexibility index (Phi) is 2.49. The molecule has 1 aromatic heterocycles. The molecule has 15 heavy (non-hydrogen) atoms.